The molecule has 6 heteroatoms. The van der Waals surface area contributed by atoms with Crippen LogP contribution >= 0.6 is 35.0 Å². The van der Waals surface area contributed by atoms with Gasteiger partial charge in [0, 0.05) is 49.9 Å². The average Bonchev–Trinajstić information content (AvgIpc) is 2.98. The smallest absolute Gasteiger partial charge is 0.242 e. The van der Waals surface area contributed by atoms with Gasteiger partial charge in [0.15, 0.2) is 0 Å². The van der Waals surface area contributed by atoms with E-state index in [-0.39, 0.29) is 18.0 Å². The maximum absolute atomic E-state index is 13.0. The molecule has 1 amide bonds. The van der Waals surface area contributed by atoms with E-state index in [1.165, 1.54) is 0 Å². The number of amides is 1. The molecule has 0 aliphatic heterocycles. The van der Waals surface area contributed by atoms with E-state index in [9.17, 15) is 4.79 Å². The van der Waals surface area contributed by atoms with Crippen molar-refractivity contribution in [1.82, 2.24) is 9.47 Å². The van der Waals surface area contributed by atoms with E-state index < -0.39 is 0 Å². The second-order valence-electron chi connectivity index (χ2n) is 7.65. The third-order valence-electron chi connectivity index (χ3n) is 4.86. The van der Waals surface area contributed by atoms with Crippen LogP contribution in [-0.4, -0.2) is 27.5 Å². The molecule has 0 radical (unpaired) electrons. The summed E-state index contributed by atoms with van der Waals surface area (Å²) in [6.45, 7) is 8.57. The minimum absolute atomic E-state index is 0.132. The molecule has 0 atom stereocenters. The topological polar surface area (TPSA) is 25.2 Å². The molecule has 3 rings (SSSR count). The van der Waals surface area contributed by atoms with Gasteiger partial charge >= 0.3 is 0 Å². The Labute approximate surface area is 187 Å². The molecule has 154 valence electrons. The van der Waals surface area contributed by atoms with Gasteiger partial charge in [-0.2, -0.15) is 0 Å². The predicted molar refractivity (Wildman–Crippen MR) is 125 cm³/mol. The molecular weight excluding hydrogens is 423 g/mol. The zero-order valence-corrected chi connectivity index (χ0v) is 19.5. The Bertz CT molecular complexity index is 1010. The molecule has 0 unspecified atom stereocenters. The van der Waals surface area contributed by atoms with Gasteiger partial charge in [-0.3, -0.25) is 4.79 Å². The summed E-state index contributed by atoms with van der Waals surface area (Å²) in [6.07, 6.45) is 2.08. The lowest BCUT2D eigenvalue weighted by atomic mass is 10.2. The van der Waals surface area contributed by atoms with Crippen molar-refractivity contribution in [2.45, 2.75) is 57.0 Å². The molecule has 0 spiro atoms. The minimum atomic E-state index is 0.132. The average molecular weight is 449 g/mol. The maximum atomic E-state index is 13.0. The molecule has 2 aromatic carbocycles. The highest BCUT2D eigenvalue weighted by atomic mass is 35.5. The lowest BCUT2D eigenvalue weighted by molar-refractivity contribution is -0.135. The molecule has 29 heavy (non-hydrogen) atoms. The Balaban J connectivity index is 1.86. The Morgan fingerprint density at radius 3 is 2.41 bits per heavy atom. The van der Waals surface area contributed by atoms with E-state index in [4.69, 9.17) is 23.2 Å². The molecule has 3 aromatic rings. The van der Waals surface area contributed by atoms with Crippen LogP contribution in [0.4, 0.5) is 0 Å². The van der Waals surface area contributed by atoms with Crippen LogP contribution < -0.4 is 0 Å². The number of fused-ring (bicyclic) bond motifs is 1. The number of nitrogens with zero attached hydrogens (tertiary/aromatic N) is 2. The summed E-state index contributed by atoms with van der Waals surface area (Å²) in [7, 11) is 0. The minimum Gasteiger partial charge on any atom is -0.337 e. The number of carbonyl (C=O) groups excluding carboxylic acids is 1. The molecular formula is C23H26Cl2N2OS. The van der Waals surface area contributed by atoms with Gasteiger partial charge in [-0.05, 0) is 51.5 Å². The Hall–Kier alpha value is -1.62. The van der Waals surface area contributed by atoms with Crippen molar-refractivity contribution in [2.75, 3.05) is 0 Å². The van der Waals surface area contributed by atoms with Crippen molar-refractivity contribution in [3.8, 4) is 0 Å². The Morgan fingerprint density at radius 2 is 1.76 bits per heavy atom. The number of aromatic nitrogens is 1. The molecule has 0 saturated heterocycles. The molecule has 0 bridgehead atoms. The summed E-state index contributed by atoms with van der Waals surface area (Å²) in [4.78, 5) is 16.1. The van der Waals surface area contributed by atoms with E-state index >= 15 is 0 Å². The van der Waals surface area contributed by atoms with E-state index in [1.807, 2.05) is 29.2 Å². The first-order valence-corrected chi connectivity index (χ1v) is 11.5. The van der Waals surface area contributed by atoms with Crippen LogP contribution in [-0.2, 0) is 17.1 Å². The summed E-state index contributed by atoms with van der Waals surface area (Å²) in [6, 6.07) is 14.1. The van der Waals surface area contributed by atoms with Gasteiger partial charge in [0.2, 0.25) is 5.91 Å². The first-order valence-electron chi connectivity index (χ1n) is 9.73. The molecule has 3 nitrogen and oxygen atoms in total. The largest absolute Gasteiger partial charge is 0.337 e. The number of halogens is 2. The number of benzene rings is 2. The normalized spacial score (nSPS) is 11.6. The fraction of sp³-hybridized carbons (Fsp3) is 0.348. The third-order valence-corrected chi connectivity index (χ3v) is 6.54. The second-order valence-corrected chi connectivity index (χ2v) is 9.51. The Kier molecular flexibility index (Phi) is 7.20. The summed E-state index contributed by atoms with van der Waals surface area (Å²) < 4.78 is 2.06. The lowest BCUT2D eigenvalue weighted by Crippen LogP contribution is -2.43. The lowest BCUT2D eigenvalue weighted by Gasteiger charge is -2.31. The van der Waals surface area contributed by atoms with Crippen molar-refractivity contribution in [1.29, 1.82) is 0 Å². The van der Waals surface area contributed by atoms with E-state index in [0.29, 0.717) is 16.6 Å². The van der Waals surface area contributed by atoms with Gasteiger partial charge in [-0.25, -0.2) is 0 Å². The number of rotatable bonds is 7. The first-order chi connectivity index (χ1) is 13.8. The van der Waals surface area contributed by atoms with Crippen LogP contribution in [0.1, 0.15) is 33.3 Å². The highest BCUT2D eigenvalue weighted by Crippen LogP contribution is 2.34. The summed E-state index contributed by atoms with van der Waals surface area (Å²) in [5.41, 5.74) is 2.11. The number of hydrogen-bond acceptors (Lipinski definition) is 2. The quantitative estimate of drug-likeness (QED) is 0.367. The van der Waals surface area contributed by atoms with Crippen LogP contribution in [0.25, 0.3) is 10.9 Å². The van der Waals surface area contributed by atoms with Gasteiger partial charge in [0.05, 0.1) is 0 Å². The van der Waals surface area contributed by atoms with Gasteiger partial charge in [0.1, 0.15) is 6.54 Å². The van der Waals surface area contributed by atoms with Gasteiger partial charge in [-0.1, -0.05) is 47.5 Å². The standard InChI is InChI=1S/C23H26Cl2N2OS/c1-15(2)27(16(3)4)23(28)13-26-12-22(19-7-5-6-8-21(19)26)29-14-17-9-10-18(24)11-20(17)25/h5-12,15-16H,13-14H2,1-4H3. The summed E-state index contributed by atoms with van der Waals surface area (Å²) >= 11 is 14.1. The van der Waals surface area contributed by atoms with Crippen LogP contribution in [0, 0.1) is 0 Å². The first kappa shape index (κ1) is 22.1. The monoisotopic (exact) mass is 448 g/mol. The maximum Gasteiger partial charge on any atom is 0.242 e. The van der Waals surface area contributed by atoms with Crippen molar-refractivity contribution in [3.63, 3.8) is 0 Å². The van der Waals surface area contributed by atoms with Gasteiger partial charge < -0.3 is 9.47 Å². The van der Waals surface area contributed by atoms with Crippen LogP contribution in [0.2, 0.25) is 10.0 Å². The highest BCUT2D eigenvalue weighted by Gasteiger charge is 2.21. The fourth-order valence-corrected chi connectivity index (χ4v) is 5.30. The van der Waals surface area contributed by atoms with Crippen molar-refractivity contribution < 1.29 is 4.79 Å². The van der Waals surface area contributed by atoms with Crippen LogP contribution in [0.15, 0.2) is 53.6 Å². The van der Waals surface area contributed by atoms with Crippen LogP contribution in [0.3, 0.4) is 0 Å². The van der Waals surface area contributed by atoms with Crippen LogP contribution in [0.5, 0.6) is 0 Å². The molecule has 1 heterocycles. The third kappa shape index (κ3) is 5.11. The van der Waals surface area contributed by atoms with E-state index in [1.54, 1.807) is 17.8 Å². The highest BCUT2D eigenvalue weighted by molar-refractivity contribution is 7.98. The number of hydrogen-bond donors (Lipinski definition) is 0. The predicted octanol–water partition coefficient (Wildman–Crippen LogP) is 6.89. The molecule has 0 aliphatic rings. The van der Waals surface area contributed by atoms with Gasteiger partial charge in [-0.15, -0.1) is 11.8 Å². The molecule has 0 fully saturated rings. The number of para-hydroxylation sites is 1. The molecule has 0 saturated carbocycles. The van der Waals surface area contributed by atoms with Crippen molar-refractivity contribution in [3.05, 3.63) is 64.3 Å². The zero-order chi connectivity index (χ0) is 21.1. The summed E-state index contributed by atoms with van der Waals surface area (Å²) in [5.74, 6) is 0.871. The second kappa shape index (κ2) is 9.46. The molecule has 0 aliphatic carbocycles. The molecule has 1 aromatic heterocycles. The Morgan fingerprint density at radius 1 is 1.07 bits per heavy atom. The number of thioether (sulfide) groups is 1. The van der Waals surface area contributed by atoms with E-state index in [2.05, 4.69) is 50.6 Å². The summed E-state index contributed by atoms with van der Waals surface area (Å²) in [5, 5.41) is 2.46. The fourth-order valence-electron chi connectivity index (χ4n) is 3.65. The molecule has 0 N–H and O–H groups in total. The van der Waals surface area contributed by atoms with Gasteiger partial charge in [0.25, 0.3) is 0 Å². The van der Waals surface area contributed by atoms with Crippen molar-refractivity contribution >= 4 is 51.8 Å². The zero-order valence-electron chi connectivity index (χ0n) is 17.2. The SMILES string of the molecule is CC(C)N(C(=O)Cn1cc(SCc2ccc(Cl)cc2Cl)c2ccccc21)C(C)C. The van der Waals surface area contributed by atoms with Crippen molar-refractivity contribution in [2.24, 2.45) is 0 Å². The number of carbonyl (C=O) groups is 1. The van der Waals surface area contributed by atoms with E-state index in [0.717, 1.165) is 27.1 Å².